The average molecular weight is 420 g/mol. The number of pyridine rings is 2. The molecule has 0 radical (unpaired) electrons. The van der Waals surface area contributed by atoms with Crippen molar-refractivity contribution in [2.24, 2.45) is 5.73 Å². The van der Waals surface area contributed by atoms with E-state index < -0.39 is 59.2 Å². The second kappa shape index (κ2) is 7.14. The molecule has 0 aliphatic rings. The minimum Gasteiger partial charge on any atom is -0.478 e. The van der Waals surface area contributed by atoms with Crippen LogP contribution in [0.15, 0.2) is 36.8 Å². The SMILES string of the molecule is NC(=O)c1cn2cc(Oc3ncccc3OCC(F)(F)F)cc(C(F)(F)F)c2n1. The molecule has 0 aliphatic heterocycles. The fourth-order valence-electron chi connectivity index (χ4n) is 2.29. The summed E-state index contributed by atoms with van der Waals surface area (Å²) >= 11 is 0. The molecule has 29 heavy (non-hydrogen) atoms. The molecule has 3 rings (SSSR count). The molecule has 0 spiro atoms. The largest absolute Gasteiger partial charge is 0.478 e. The summed E-state index contributed by atoms with van der Waals surface area (Å²) in [5.74, 6) is -2.40. The van der Waals surface area contributed by atoms with E-state index in [9.17, 15) is 31.1 Å². The zero-order valence-corrected chi connectivity index (χ0v) is 14.1. The summed E-state index contributed by atoms with van der Waals surface area (Å²) in [6.45, 7) is -1.65. The number of carbonyl (C=O) groups excluding carboxylic acids is 1. The predicted octanol–water partition coefficient (Wildman–Crippen LogP) is 3.58. The summed E-state index contributed by atoms with van der Waals surface area (Å²) in [5.41, 5.74) is 2.77. The molecule has 0 unspecified atom stereocenters. The molecule has 0 saturated heterocycles. The number of carbonyl (C=O) groups is 1. The number of nitrogens with zero attached hydrogens (tertiary/aromatic N) is 3. The van der Waals surface area contributed by atoms with Crippen molar-refractivity contribution >= 4 is 11.6 Å². The van der Waals surface area contributed by atoms with E-state index in [2.05, 4.69) is 14.7 Å². The molecule has 0 fully saturated rings. The Morgan fingerprint density at radius 3 is 2.52 bits per heavy atom. The smallest absolute Gasteiger partial charge is 0.422 e. The van der Waals surface area contributed by atoms with Crippen molar-refractivity contribution in [3.05, 3.63) is 48.0 Å². The number of alkyl halides is 6. The second-order valence-electron chi connectivity index (χ2n) is 5.62. The number of hydrogen-bond acceptors (Lipinski definition) is 5. The molecule has 3 heterocycles. The van der Waals surface area contributed by atoms with Crippen LogP contribution in [0, 0.1) is 0 Å². The topological polar surface area (TPSA) is 91.7 Å². The van der Waals surface area contributed by atoms with Crippen LogP contribution in [0.4, 0.5) is 26.3 Å². The van der Waals surface area contributed by atoms with E-state index in [1.54, 1.807) is 0 Å². The van der Waals surface area contributed by atoms with Gasteiger partial charge in [0.2, 0.25) is 0 Å². The zero-order chi connectivity index (χ0) is 21.4. The highest BCUT2D eigenvalue weighted by Crippen LogP contribution is 2.37. The second-order valence-corrected chi connectivity index (χ2v) is 5.62. The molecule has 0 aromatic carbocycles. The van der Waals surface area contributed by atoms with E-state index in [1.807, 2.05) is 0 Å². The van der Waals surface area contributed by atoms with E-state index in [-0.39, 0.29) is 0 Å². The fourth-order valence-corrected chi connectivity index (χ4v) is 2.29. The molecule has 0 aliphatic carbocycles. The van der Waals surface area contributed by atoms with Gasteiger partial charge in [-0.1, -0.05) is 0 Å². The highest BCUT2D eigenvalue weighted by atomic mass is 19.4. The Bertz CT molecular complexity index is 1060. The fraction of sp³-hybridized carbons (Fsp3) is 0.188. The first-order valence-corrected chi connectivity index (χ1v) is 7.66. The van der Waals surface area contributed by atoms with Crippen LogP contribution in [0.5, 0.6) is 17.4 Å². The predicted molar refractivity (Wildman–Crippen MR) is 84.6 cm³/mol. The van der Waals surface area contributed by atoms with E-state index >= 15 is 0 Å². The van der Waals surface area contributed by atoms with E-state index in [0.717, 1.165) is 29.1 Å². The van der Waals surface area contributed by atoms with Crippen LogP contribution in [0.1, 0.15) is 16.1 Å². The quantitative estimate of drug-likeness (QED) is 0.637. The average Bonchev–Trinajstić information content (AvgIpc) is 3.03. The molecule has 0 bridgehead atoms. The third-order valence-electron chi connectivity index (χ3n) is 3.43. The van der Waals surface area contributed by atoms with Crippen LogP contribution in [-0.2, 0) is 6.18 Å². The first-order valence-electron chi connectivity index (χ1n) is 7.66. The van der Waals surface area contributed by atoms with Gasteiger partial charge in [-0.15, -0.1) is 0 Å². The van der Waals surface area contributed by atoms with Crippen molar-refractivity contribution in [3.63, 3.8) is 0 Å². The highest BCUT2D eigenvalue weighted by molar-refractivity contribution is 5.91. The third kappa shape index (κ3) is 4.67. The molecule has 13 heteroatoms. The molecule has 3 aromatic rings. The van der Waals surface area contributed by atoms with Gasteiger partial charge in [0.15, 0.2) is 12.4 Å². The van der Waals surface area contributed by atoms with Crippen LogP contribution in [0.25, 0.3) is 5.65 Å². The van der Waals surface area contributed by atoms with Crippen molar-refractivity contribution in [2.75, 3.05) is 6.61 Å². The van der Waals surface area contributed by atoms with Gasteiger partial charge in [0, 0.05) is 12.4 Å². The first kappa shape index (κ1) is 20.2. The van der Waals surface area contributed by atoms with E-state index in [0.29, 0.717) is 6.07 Å². The van der Waals surface area contributed by atoms with Crippen molar-refractivity contribution in [3.8, 4) is 17.4 Å². The maximum atomic E-state index is 13.4. The van der Waals surface area contributed by atoms with Gasteiger partial charge in [-0.2, -0.15) is 26.3 Å². The van der Waals surface area contributed by atoms with E-state index in [4.69, 9.17) is 10.5 Å². The molecular weight excluding hydrogens is 410 g/mol. The Hall–Kier alpha value is -3.51. The number of imidazole rings is 1. The number of nitrogens with two attached hydrogens (primary N) is 1. The number of primary amides is 1. The van der Waals surface area contributed by atoms with Gasteiger partial charge < -0.3 is 19.6 Å². The van der Waals surface area contributed by atoms with Gasteiger partial charge in [-0.3, -0.25) is 4.79 Å². The van der Waals surface area contributed by atoms with Crippen LogP contribution in [0.2, 0.25) is 0 Å². The molecule has 2 N–H and O–H groups in total. The Labute approximate surface area is 157 Å². The zero-order valence-electron chi connectivity index (χ0n) is 14.1. The third-order valence-corrected chi connectivity index (χ3v) is 3.43. The number of hydrogen-bond donors (Lipinski definition) is 1. The summed E-state index contributed by atoms with van der Waals surface area (Å²) in [6, 6.07) is 2.94. The molecule has 3 aromatic heterocycles. The van der Waals surface area contributed by atoms with Crippen molar-refractivity contribution in [1.29, 1.82) is 0 Å². The van der Waals surface area contributed by atoms with Crippen LogP contribution in [-0.4, -0.2) is 33.1 Å². The highest BCUT2D eigenvalue weighted by Gasteiger charge is 2.35. The van der Waals surface area contributed by atoms with Crippen LogP contribution in [0.3, 0.4) is 0 Å². The number of amides is 1. The molecule has 7 nitrogen and oxygen atoms in total. The van der Waals surface area contributed by atoms with Crippen LogP contribution < -0.4 is 15.2 Å². The Kier molecular flexibility index (Phi) is 4.98. The molecule has 0 saturated carbocycles. The summed E-state index contributed by atoms with van der Waals surface area (Å²) in [4.78, 5) is 18.5. The number of rotatable bonds is 5. The van der Waals surface area contributed by atoms with Crippen molar-refractivity contribution in [1.82, 2.24) is 14.4 Å². The standard InChI is InChI=1S/C16H10F6N4O3/c17-15(18,19)7-28-11-2-1-3-24-14(11)29-8-4-9(16(20,21)22)13-25-10(12(23)27)6-26(13)5-8/h1-6H,7H2,(H2,23,27). The number of fused-ring (bicyclic) bond motifs is 1. The maximum absolute atomic E-state index is 13.4. The Morgan fingerprint density at radius 2 is 1.90 bits per heavy atom. The summed E-state index contributed by atoms with van der Waals surface area (Å²) in [5, 5.41) is 0. The van der Waals surface area contributed by atoms with Gasteiger partial charge in [-0.25, -0.2) is 9.97 Å². The normalized spacial score (nSPS) is 12.2. The van der Waals surface area contributed by atoms with Crippen LogP contribution >= 0.6 is 0 Å². The summed E-state index contributed by atoms with van der Waals surface area (Å²) in [6.07, 6.45) is -6.37. The number of ether oxygens (including phenoxy) is 2. The minimum atomic E-state index is -4.87. The molecule has 154 valence electrons. The number of halogens is 6. The van der Waals surface area contributed by atoms with Crippen molar-refractivity contribution in [2.45, 2.75) is 12.4 Å². The molecule has 0 atom stereocenters. The monoisotopic (exact) mass is 420 g/mol. The lowest BCUT2D eigenvalue weighted by atomic mass is 10.2. The van der Waals surface area contributed by atoms with Gasteiger partial charge in [0.05, 0.1) is 6.20 Å². The minimum absolute atomic E-state index is 0.417. The van der Waals surface area contributed by atoms with Gasteiger partial charge in [0.1, 0.15) is 22.7 Å². The Balaban J connectivity index is 2.02. The molecule has 1 amide bonds. The number of aromatic nitrogens is 3. The first-order chi connectivity index (χ1) is 13.4. The summed E-state index contributed by atoms with van der Waals surface area (Å²) < 4.78 is 87.9. The molecular formula is C16H10F6N4O3. The van der Waals surface area contributed by atoms with Crippen molar-refractivity contribution < 1.29 is 40.6 Å². The summed E-state index contributed by atoms with van der Waals surface area (Å²) in [7, 11) is 0. The van der Waals surface area contributed by atoms with E-state index in [1.165, 1.54) is 6.07 Å². The lowest BCUT2D eigenvalue weighted by Gasteiger charge is -2.14. The lowest BCUT2D eigenvalue weighted by molar-refractivity contribution is -0.153. The lowest BCUT2D eigenvalue weighted by Crippen LogP contribution is -2.19. The van der Waals surface area contributed by atoms with Gasteiger partial charge in [-0.05, 0) is 18.2 Å². The van der Waals surface area contributed by atoms with Gasteiger partial charge in [0.25, 0.3) is 11.8 Å². The Morgan fingerprint density at radius 1 is 1.17 bits per heavy atom. The maximum Gasteiger partial charge on any atom is 0.422 e. The van der Waals surface area contributed by atoms with Gasteiger partial charge >= 0.3 is 12.4 Å².